The number of nitrogens with one attached hydrogen (secondary N) is 2. The van der Waals surface area contributed by atoms with Crippen LogP contribution in [0.2, 0.25) is 5.02 Å². The van der Waals surface area contributed by atoms with E-state index < -0.39 is 0 Å². The Bertz CT molecular complexity index is 883. The molecule has 0 fully saturated rings. The highest BCUT2D eigenvalue weighted by Crippen LogP contribution is 2.17. The first-order valence-corrected chi connectivity index (χ1v) is 9.76. The first-order chi connectivity index (χ1) is 13.1. The molecular formula is C20H19ClN4OS. The molecule has 0 aliphatic carbocycles. The van der Waals surface area contributed by atoms with Crippen molar-refractivity contribution in [2.24, 2.45) is 0 Å². The zero-order chi connectivity index (χ0) is 19.1. The molecule has 7 heteroatoms. The van der Waals surface area contributed by atoms with Gasteiger partial charge < -0.3 is 10.6 Å². The molecule has 3 rings (SSSR count). The lowest BCUT2D eigenvalue weighted by atomic mass is 10.1. The quantitative estimate of drug-likeness (QED) is 0.560. The molecule has 0 radical (unpaired) electrons. The van der Waals surface area contributed by atoms with Crippen molar-refractivity contribution in [3.63, 3.8) is 0 Å². The smallest absolute Gasteiger partial charge is 0.234 e. The minimum Gasteiger partial charge on any atom is -0.365 e. The number of hydrogen-bond acceptors (Lipinski definition) is 5. The molecular weight excluding hydrogens is 380 g/mol. The molecule has 0 saturated carbocycles. The van der Waals surface area contributed by atoms with Gasteiger partial charge in [0.15, 0.2) is 0 Å². The molecule has 0 saturated heterocycles. The first-order valence-electron chi connectivity index (χ1n) is 8.40. The second kappa shape index (κ2) is 9.39. The van der Waals surface area contributed by atoms with Crippen LogP contribution in [0.15, 0.2) is 65.7 Å². The summed E-state index contributed by atoms with van der Waals surface area (Å²) in [6.45, 7) is 2.75. The monoisotopic (exact) mass is 398 g/mol. The lowest BCUT2D eigenvalue weighted by molar-refractivity contribution is -0.113. The average Bonchev–Trinajstić information content (AvgIpc) is 2.68. The predicted molar refractivity (Wildman–Crippen MR) is 111 cm³/mol. The number of rotatable bonds is 7. The standard InChI is InChI=1S/C20H19ClN4OS/c1-14-2-4-15(5-3-14)12-22-18-10-11-20(25-24-18)27-13-19(26)23-17-8-6-16(21)7-9-17/h2-11H,12-13H2,1H3,(H,22,24)(H,23,26). The van der Waals surface area contributed by atoms with Crippen molar-refractivity contribution in [3.8, 4) is 0 Å². The second-order valence-electron chi connectivity index (χ2n) is 5.94. The number of amides is 1. The van der Waals surface area contributed by atoms with Crippen LogP contribution in [0.5, 0.6) is 0 Å². The van der Waals surface area contributed by atoms with Gasteiger partial charge in [0, 0.05) is 17.3 Å². The molecule has 0 unspecified atom stereocenters. The summed E-state index contributed by atoms with van der Waals surface area (Å²) in [5.74, 6) is 0.851. The van der Waals surface area contributed by atoms with E-state index >= 15 is 0 Å². The fourth-order valence-corrected chi connectivity index (χ4v) is 3.00. The van der Waals surface area contributed by atoms with Gasteiger partial charge in [-0.25, -0.2) is 0 Å². The fourth-order valence-electron chi connectivity index (χ4n) is 2.26. The van der Waals surface area contributed by atoms with Crippen molar-refractivity contribution in [2.75, 3.05) is 16.4 Å². The third kappa shape index (κ3) is 6.27. The normalized spacial score (nSPS) is 10.4. The molecule has 1 heterocycles. The Morgan fingerprint density at radius 3 is 2.41 bits per heavy atom. The topological polar surface area (TPSA) is 66.9 Å². The maximum atomic E-state index is 12.0. The summed E-state index contributed by atoms with van der Waals surface area (Å²) in [6.07, 6.45) is 0. The van der Waals surface area contributed by atoms with Crippen molar-refractivity contribution in [1.82, 2.24) is 10.2 Å². The number of aryl methyl sites for hydroxylation is 1. The van der Waals surface area contributed by atoms with Crippen LogP contribution < -0.4 is 10.6 Å². The van der Waals surface area contributed by atoms with Crippen molar-refractivity contribution in [2.45, 2.75) is 18.5 Å². The summed E-state index contributed by atoms with van der Waals surface area (Å²) in [7, 11) is 0. The van der Waals surface area contributed by atoms with Crippen molar-refractivity contribution in [3.05, 3.63) is 76.8 Å². The van der Waals surface area contributed by atoms with Gasteiger partial charge in [-0.1, -0.05) is 53.2 Å². The minimum atomic E-state index is -0.106. The van der Waals surface area contributed by atoms with Gasteiger partial charge in [0.1, 0.15) is 10.8 Å². The van der Waals surface area contributed by atoms with Gasteiger partial charge in [-0.05, 0) is 48.9 Å². The number of hydrogen-bond donors (Lipinski definition) is 2. The van der Waals surface area contributed by atoms with Gasteiger partial charge in [0.2, 0.25) is 5.91 Å². The summed E-state index contributed by atoms with van der Waals surface area (Å²) >= 11 is 7.16. The Labute approximate surface area is 167 Å². The Balaban J connectivity index is 1.45. The summed E-state index contributed by atoms with van der Waals surface area (Å²) in [6, 6.07) is 19.0. The predicted octanol–water partition coefficient (Wildman–Crippen LogP) is 4.78. The third-order valence-corrected chi connectivity index (χ3v) is 4.89. The van der Waals surface area contributed by atoms with Gasteiger partial charge >= 0.3 is 0 Å². The van der Waals surface area contributed by atoms with Crippen LogP contribution >= 0.6 is 23.4 Å². The molecule has 0 atom stereocenters. The Morgan fingerprint density at radius 1 is 1.00 bits per heavy atom. The molecule has 0 bridgehead atoms. The molecule has 27 heavy (non-hydrogen) atoms. The highest BCUT2D eigenvalue weighted by molar-refractivity contribution is 7.99. The van der Waals surface area contributed by atoms with Crippen LogP contribution in [0.4, 0.5) is 11.5 Å². The molecule has 5 nitrogen and oxygen atoms in total. The number of carbonyl (C=O) groups excluding carboxylic acids is 1. The van der Waals surface area contributed by atoms with E-state index in [0.717, 1.165) is 0 Å². The highest BCUT2D eigenvalue weighted by Gasteiger charge is 2.05. The fraction of sp³-hybridized carbons (Fsp3) is 0.150. The maximum Gasteiger partial charge on any atom is 0.234 e. The molecule has 2 aromatic carbocycles. The van der Waals surface area contributed by atoms with Crippen LogP contribution in [0.3, 0.4) is 0 Å². The van der Waals surface area contributed by atoms with E-state index in [0.29, 0.717) is 28.1 Å². The molecule has 138 valence electrons. The SMILES string of the molecule is Cc1ccc(CNc2ccc(SCC(=O)Nc3ccc(Cl)cc3)nn2)cc1. The van der Waals surface area contributed by atoms with Crippen molar-refractivity contribution >= 4 is 40.8 Å². The van der Waals surface area contributed by atoms with E-state index in [2.05, 4.69) is 52.0 Å². The van der Waals surface area contributed by atoms with Crippen molar-refractivity contribution in [1.29, 1.82) is 0 Å². The van der Waals surface area contributed by atoms with Gasteiger partial charge in [-0.2, -0.15) is 0 Å². The number of halogens is 1. The van der Waals surface area contributed by atoms with E-state index in [9.17, 15) is 4.79 Å². The largest absolute Gasteiger partial charge is 0.365 e. The van der Waals surface area contributed by atoms with Crippen LogP contribution in [-0.4, -0.2) is 21.9 Å². The van der Waals surface area contributed by atoms with Gasteiger partial charge in [-0.3, -0.25) is 4.79 Å². The summed E-state index contributed by atoms with van der Waals surface area (Å²) in [5, 5.41) is 15.7. The Morgan fingerprint density at radius 2 is 1.74 bits per heavy atom. The zero-order valence-electron chi connectivity index (χ0n) is 14.8. The molecule has 1 aromatic heterocycles. The molecule has 0 aliphatic heterocycles. The Kier molecular flexibility index (Phi) is 6.68. The molecule has 0 spiro atoms. The minimum absolute atomic E-state index is 0.106. The second-order valence-corrected chi connectivity index (χ2v) is 7.37. The van der Waals surface area contributed by atoms with Gasteiger partial charge in [-0.15, -0.1) is 10.2 Å². The van der Waals surface area contributed by atoms with Crippen LogP contribution in [0.25, 0.3) is 0 Å². The first kappa shape index (κ1) is 19.2. The molecule has 3 aromatic rings. The molecule has 0 aliphatic rings. The zero-order valence-corrected chi connectivity index (χ0v) is 16.3. The lowest BCUT2D eigenvalue weighted by Gasteiger charge is -2.07. The third-order valence-electron chi connectivity index (χ3n) is 3.71. The maximum absolute atomic E-state index is 12.0. The van der Waals surface area contributed by atoms with Gasteiger partial charge in [0.25, 0.3) is 0 Å². The number of thioether (sulfide) groups is 1. The lowest BCUT2D eigenvalue weighted by Crippen LogP contribution is -2.14. The van der Waals surface area contributed by atoms with E-state index in [1.165, 1.54) is 22.9 Å². The number of carbonyl (C=O) groups is 1. The van der Waals surface area contributed by atoms with E-state index in [1.807, 2.05) is 12.1 Å². The van der Waals surface area contributed by atoms with Crippen LogP contribution in [-0.2, 0) is 11.3 Å². The van der Waals surface area contributed by atoms with Crippen LogP contribution in [0.1, 0.15) is 11.1 Å². The highest BCUT2D eigenvalue weighted by atomic mass is 35.5. The van der Waals surface area contributed by atoms with E-state index in [1.54, 1.807) is 24.3 Å². The summed E-state index contributed by atoms with van der Waals surface area (Å²) in [5.41, 5.74) is 3.13. The van der Waals surface area contributed by atoms with Crippen LogP contribution in [0, 0.1) is 6.92 Å². The van der Waals surface area contributed by atoms with E-state index in [4.69, 9.17) is 11.6 Å². The number of nitrogens with zero attached hydrogens (tertiary/aromatic N) is 2. The Hall–Kier alpha value is -2.57. The average molecular weight is 399 g/mol. The molecule has 2 N–H and O–H groups in total. The summed E-state index contributed by atoms with van der Waals surface area (Å²) < 4.78 is 0. The summed E-state index contributed by atoms with van der Waals surface area (Å²) in [4.78, 5) is 12.0. The number of aromatic nitrogens is 2. The molecule has 1 amide bonds. The number of anilines is 2. The van der Waals surface area contributed by atoms with Crippen molar-refractivity contribution < 1.29 is 4.79 Å². The van der Waals surface area contributed by atoms with E-state index in [-0.39, 0.29) is 11.7 Å². The number of benzene rings is 2. The van der Waals surface area contributed by atoms with Gasteiger partial charge in [0.05, 0.1) is 5.75 Å².